The zero-order valence-electron chi connectivity index (χ0n) is 14.8. The smallest absolute Gasteiger partial charge is 0.313 e. The highest BCUT2D eigenvalue weighted by Gasteiger charge is 2.16. The van der Waals surface area contributed by atoms with Crippen molar-refractivity contribution < 1.29 is 14.7 Å². The second-order valence-electron chi connectivity index (χ2n) is 5.91. The van der Waals surface area contributed by atoms with Gasteiger partial charge in [0.05, 0.1) is 6.54 Å². The van der Waals surface area contributed by atoms with Gasteiger partial charge < -0.3 is 15.7 Å². The Bertz CT molecular complexity index is 902. The summed E-state index contributed by atoms with van der Waals surface area (Å²) in [6.45, 7) is 2.29. The largest absolute Gasteiger partial charge is 0.382 e. The number of aryl methyl sites for hydroxylation is 1. The van der Waals surface area contributed by atoms with Crippen LogP contribution in [0, 0.1) is 0 Å². The maximum absolute atomic E-state index is 12.0. The number of aliphatic hydroxyl groups excluding tert-OH is 1. The van der Waals surface area contributed by atoms with Gasteiger partial charge in [0, 0.05) is 20.3 Å². The van der Waals surface area contributed by atoms with Gasteiger partial charge in [-0.25, -0.2) is 0 Å². The van der Waals surface area contributed by atoms with Gasteiger partial charge in [0.1, 0.15) is 6.10 Å². The van der Waals surface area contributed by atoms with E-state index in [0.717, 1.165) is 26.6 Å². The predicted octanol–water partition coefficient (Wildman–Crippen LogP) is 3.71. The molecule has 0 aliphatic heterocycles. The Balaban J connectivity index is 1.52. The van der Waals surface area contributed by atoms with E-state index in [-0.39, 0.29) is 6.54 Å². The quantitative estimate of drug-likeness (QED) is 0.552. The van der Waals surface area contributed by atoms with Crippen LogP contribution in [0.5, 0.6) is 0 Å². The number of hydrogen-bond acceptors (Lipinski definition) is 5. The minimum atomic E-state index is -0.699. The molecule has 0 saturated heterocycles. The van der Waals surface area contributed by atoms with Crippen molar-refractivity contribution in [3.63, 3.8) is 0 Å². The third-order valence-corrected chi connectivity index (χ3v) is 6.08. The zero-order valence-corrected chi connectivity index (χ0v) is 16.4. The molecule has 140 valence electrons. The summed E-state index contributed by atoms with van der Waals surface area (Å²) >= 11 is 2.91. The third kappa shape index (κ3) is 5.03. The number of nitrogens with one attached hydrogen (secondary N) is 2. The average Bonchev–Trinajstić information content (AvgIpc) is 3.38. The fraction of sp³-hybridized carbons (Fsp3) is 0.200. The van der Waals surface area contributed by atoms with Crippen molar-refractivity contribution in [3.05, 3.63) is 74.1 Å². The molecular weight excluding hydrogens is 380 g/mol. The van der Waals surface area contributed by atoms with Crippen molar-refractivity contribution in [2.75, 3.05) is 5.32 Å². The van der Waals surface area contributed by atoms with Gasteiger partial charge in [-0.3, -0.25) is 9.59 Å². The SMILES string of the molecule is CCc1ccc(NC(=O)C(=O)NCc2ccc(C(O)c3cccs3)s2)cc1. The van der Waals surface area contributed by atoms with Crippen molar-refractivity contribution in [2.24, 2.45) is 0 Å². The van der Waals surface area contributed by atoms with Crippen LogP contribution < -0.4 is 10.6 Å². The number of carbonyl (C=O) groups excluding carboxylic acids is 2. The predicted molar refractivity (Wildman–Crippen MR) is 109 cm³/mol. The standard InChI is InChI=1S/C20H20N2O3S2/c1-2-13-5-7-14(8-6-13)22-20(25)19(24)21-12-15-9-10-17(27-15)18(23)16-4-3-11-26-16/h3-11,18,23H,2,12H2,1H3,(H,21,24)(H,22,25). The van der Waals surface area contributed by atoms with Crippen LogP contribution in [0.15, 0.2) is 53.9 Å². The second-order valence-corrected chi connectivity index (χ2v) is 8.09. The summed E-state index contributed by atoms with van der Waals surface area (Å²) in [6, 6.07) is 14.9. The molecule has 3 rings (SSSR count). The molecular formula is C20H20N2O3S2. The number of anilines is 1. The molecule has 2 heterocycles. The van der Waals surface area contributed by atoms with Crippen LogP contribution in [0.3, 0.4) is 0 Å². The fourth-order valence-electron chi connectivity index (χ4n) is 2.48. The van der Waals surface area contributed by atoms with Crippen LogP contribution in [-0.2, 0) is 22.6 Å². The molecule has 0 radical (unpaired) electrons. The maximum atomic E-state index is 12.0. The first-order valence-electron chi connectivity index (χ1n) is 8.55. The second kappa shape index (κ2) is 8.94. The molecule has 1 unspecified atom stereocenters. The van der Waals surface area contributed by atoms with Crippen LogP contribution in [0.2, 0.25) is 0 Å². The lowest BCUT2D eigenvalue weighted by atomic mass is 10.1. The molecule has 3 N–H and O–H groups in total. The van der Waals surface area contributed by atoms with E-state index in [9.17, 15) is 14.7 Å². The lowest BCUT2D eigenvalue weighted by molar-refractivity contribution is -0.136. The lowest BCUT2D eigenvalue weighted by Crippen LogP contribution is -2.34. The summed E-state index contributed by atoms with van der Waals surface area (Å²) < 4.78 is 0. The molecule has 27 heavy (non-hydrogen) atoms. The maximum Gasteiger partial charge on any atom is 0.313 e. The van der Waals surface area contributed by atoms with Gasteiger partial charge in [0.25, 0.3) is 0 Å². The highest BCUT2D eigenvalue weighted by atomic mass is 32.1. The first-order valence-corrected chi connectivity index (χ1v) is 10.2. The highest BCUT2D eigenvalue weighted by molar-refractivity contribution is 7.12. The molecule has 2 aromatic heterocycles. The van der Waals surface area contributed by atoms with E-state index in [1.165, 1.54) is 22.7 Å². The number of hydrogen-bond donors (Lipinski definition) is 3. The van der Waals surface area contributed by atoms with E-state index in [2.05, 4.69) is 17.6 Å². The van der Waals surface area contributed by atoms with Crippen LogP contribution in [0.1, 0.15) is 33.2 Å². The van der Waals surface area contributed by atoms with Crippen molar-refractivity contribution >= 4 is 40.2 Å². The zero-order chi connectivity index (χ0) is 19.2. The Morgan fingerprint density at radius 3 is 2.48 bits per heavy atom. The summed E-state index contributed by atoms with van der Waals surface area (Å²) in [6.07, 6.45) is 0.257. The molecule has 5 nitrogen and oxygen atoms in total. The van der Waals surface area contributed by atoms with E-state index in [1.54, 1.807) is 12.1 Å². The van der Waals surface area contributed by atoms with Gasteiger partial charge in [0.15, 0.2) is 0 Å². The Morgan fingerprint density at radius 1 is 1.04 bits per heavy atom. The van der Waals surface area contributed by atoms with Gasteiger partial charge in [-0.05, 0) is 47.7 Å². The minimum Gasteiger partial charge on any atom is -0.382 e. The summed E-state index contributed by atoms with van der Waals surface area (Å²) in [7, 11) is 0. The number of amides is 2. The average molecular weight is 401 g/mol. The van der Waals surface area contributed by atoms with Crippen LogP contribution in [-0.4, -0.2) is 16.9 Å². The van der Waals surface area contributed by atoms with Gasteiger partial charge in [-0.1, -0.05) is 25.1 Å². The summed E-state index contributed by atoms with van der Waals surface area (Å²) in [5, 5.41) is 17.4. The highest BCUT2D eigenvalue weighted by Crippen LogP contribution is 2.30. The van der Waals surface area contributed by atoms with Gasteiger partial charge in [-0.2, -0.15) is 0 Å². The number of rotatable bonds is 6. The molecule has 1 aromatic carbocycles. The number of benzene rings is 1. The Hall–Kier alpha value is -2.48. The van der Waals surface area contributed by atoms with Crippen molar-refractivity contribution in [1.82, 2.24) is 5.32 Å². The molecule has 2 amide bonds. The van der Waals surface area contributed by atoms with Gasteiger partial charge in [0.2, 0.25) is 0 Å². The minimum absolute atomic E-state index is 0.239. The Kier molecular flexibility index (Phi) is 6.39. The first-order chi connectivity index (χ1) is 13.1. The van der Waals surface area contributed by atoms with Crippen LogP contribution in [0.25, 0.3) is 0 Å². The number of carbonyl (C=O) groups is 2. The molecule has 7 heteroatoms. The molecule has 0 aliphatic rings. The molecule has 1 atom stereocenters. The monoisotopic (exact) mass is 400 g/mol. The molecule has 0 saturated carbocycles. The van der Waals surface area contributed by atoms with E-state index in [4.69, 9.17) is 0 Å². The normalized spacial score (nSPS) is 11.8. The van der Waals surface area contributed by atoms with Crippen LogP contribution in [0.4, 0.5) is 5.69 Å². The van der Waals surface area contributed by atoms with E-state index < -0.39 is 17.9 Å². The van der Waals surface area contributed by atoms with Gasteiger partial charge in [-0.15, -0.1) is 22.7 Å². The molecule has 0 bridgehead atoms. The first kappa shape index (κ1) is 19.3. The third-order valence-electron chi connectivity index (χ3n) is 4.01. The topological polar surface area (TPSA) is 78.4 Å². The van der Waals surface area contributed by atoms with Gasteiger partial charge >= 0.3 is 11.8 Å². The van der Waals surface area contributed by atoms with Crippen molar-refractivity contribution in [3.8, 4) is 0 Å². The summed E-state index contributed by atoms with van der Waals surface area (Å²) in [4.78, 5) is 26.6. The summed E-state index contributed by atoms with van der Waals surface area (Å²) in [5.41, 5.74) is 1.75. The van der Waals surface area contributed by atoms with E-state index in [0.29, 0.717) is 5.69 Å². The van der Waals surface area contributed by atoms with Crippen LogP contribution >= 0.6 is 22.7 Å². The molecule has 3 aromatic rings. The van der Waals surface area contributed by atoms with E-state index in [1.807, 2.05) is 41.8 Å². The number of thiophene rings is 2. The lowest BCUT2D eigenvalue weighted by Gasteiger charge is -2.07. The Labute approximate surface area is 165 Å². The number of aliphatic hydroxyl groups is 1. The molecule has 0 spiro atoms. The Morgan fingerprint density at radius 2 is 1.81 bits per heavy atom. The fourth-order valence-corrected chi connectivity index (χ4v) is 4.24. The van der Waals surface area contributed by atoms with Crippen molar-refractivity contribution in [2.45, 2.75) is 26.0 Å². The van der Waals surface area contributed by atoms with Crippen molar-refractivity contribution in [1.29, 1.82) is 0 Å². The van der Waals surface area contributed by atoms with E-state index >= 15 is 0 Å². The molecule has 0 fully saturated rings. The molecule has 0 aliphatic carbocycles. The summed E-state index contributed by atoms with van der Waals surface area (Å²) in [5.74, 6) is -1.39.